The minimum atomic E-state index is 0.893. The SMILES string of the molecule is c1ccc(-c2ccc(-c3ccc(N(c4ccc(-c5cc(-c6ccccc6)cc(-c6ccccc6)c5)cc4)c4ccc(-c5cccc6oc7c8ccccc8ccc7c56)cc4)cc3)cc2)cc1. The van der Waals surface area contributed by atoms with Gasteiger partial charge in [0.05, 0.1) is 0 Å². The summed E-state index contributed by atoms with van der Waals surface area (Å²) < 4.78 is 6.56. The van der Waals surface area contributed by atoms with Crippen LogP contribution in [-0.2, 0) is 0 Å². The molecule has 0 radical (unpaired) electrons. The highest BCUT2D eigenvalue weighted by molar-refractivity contribution is 6.19. The predicted molar refractivity (Wildman–Crippen MR) is 279 cm³/mol. The van der Waals surface area contributed by atoms with Gasteiger partial charge in [-0.25, -0.2) is 0 Å². The average Bonchev–Trinajstić information content (AvgIpc) is 3.80. The summed E-state index contributed by atoms with van der Waals surface area (Å²) >= 11 is 0. The van der Waals surface area contributed by atoms with Crippen molar-refractivity contribution in [1.29, 1.82) is 0 Å². The second kappa shape index (κ2) is 16.8. The van der Waals surface area contributed by atoms with Crippen molar-refractivity contribution in [3.05, 3.63) is 261 Å². The van der Waals surface area contributed by atoms with Gasteiger partial charge < -0.3 is 9.32 Å². The Morgan fingerprint density at radius 1 is 0.258 bits per heavy atom. The van der Waals surface area contributed by atoms with E-state index in [-0.39, 0.29) is 0 Å². The molecule has 0 N–H and O–H groups in total. The molecule has 12 aromatic rings. The number of hydrogen-bond donors (Lipinski definition) is 0. The van der Waals surface area contributed by atoms with Crippen LogP contribution in [0.3, 0.4) is 0 Å². The lowest BCUT2D eigenvalue weighted by Crippen LogP contribution is -2.09. The zero-order valence-electron chi connectivity index (χ0n) is 36.2. The van der Waals surface area contributed by atoms with Crippen molar-refractivity contribution >= 4 is 49.8 Å². The van der Waals surface area contributed by atoms with Crippen LogP contribution in [-0.4, -0.2) is 0 Å². The smallest absolute Gasteiger partial charge is 0.143 e. The molecule has 0 unspecified atom stereocenters. The van der Waals surface area contributed by atoms with Crippen LogP contribution in [0.15, 0.2) is 265 Å². The van der Waals surface area contributed by atoms with Crippen molar-refractivity contribution in [1.82, 2.24) is 0 Å². The van der Waals surface area contributed by atoms with E-state index in [0.717, 1.165) is 61.1 Å². The van der Waals surface area contributed by atoms with E-state index in [1.807, 2.05) is 0 Å². The summed E-state index contributed by atoms with van der Waals surface area (Å²) in [5.74, 6) is 0. The van der Waals surface area contributed by atoms with Crippen molar-refractivity contribution in [3.63, 3.8) is 0 Å². The molecule has 0 atom stereocenters. The van der Waals surface area contributed by atoms with Gasteiger partial charge in [0, 0.05) is 33.2 Å². The van der Waals surface area contributed by atoms with Crippen LogP contribution in [0.25, 0.3) is 99.5 Å². The third-order valence-electron chi connectivity index (χ3n) is 12.9. The lowest BCUT2D eigenvalue weighted by atomic mass is 9.93. The van der Waals surface area contributed by atoms with Crippen molar-refractivity contribution in [2.75, 3.05) is 4.90 Å². The fourth-order valence-corrected chi connectivity index (χ4v) is 9.51. The first kappa shape index (κ1) is 38.9. The van der Waals surface area contributed by atoms with E-state index in [4.69, 9.17) is 4.42 Å². The normalized spacial score (nSPS) is 11.3. The Morgan fingerprint density at radius 3 is 1.15 bits per heavy atom. The van der Waals surface area contributed by atoms with E-state index in [1.54, 1.807) is 0 Å². The van der Waals surface area contributed by atoms with Crippen molar-refractivity contribution < 1.29 is 4.42 Å². The molecule has 0 saturated heterocycles. The highest BCUT2D eigenvalue weighted by Gasteiger charge is 2.18. The topological polar surface area (TPSA) is 16.4 Å². The van der Waals surface area contributed by atoms with Gasteiger partial charge in [-0.2, -0.15) is 0 Å². The van der Waals surface area contributed by atoms with E-state index < -0.39 is 0 Å². The fraction of sp³-hybridized carbons (Fsp3) is 0. The maximum Gasteiger partial charge on any atom is 0.143 e. The molecule has 0 saturated carbocycles. The molecule has 0 bridgehead atoms. The molecule has 0 fully saturated rings. The Labute approximate surface area is 384 Å². The Hall–Kier alpha value is -8.72. The van der Waals surface area contributed by atoms with E-state index in [1.165, 1.54) is 55.5 Å². The Balaban J connectivity index is 0.930. The number of benzene rings is 11. The Bertz CT molecular complexity index is 3570. The molecule has 1 aromatic heterocycles. The first-order valence-electron chi connectivity index (χ1n) is 22.6. The lowest BCUT2D eigenvalue weighted by Gasteiger charge is -2.26. The molecular formula is C64H43NO. The van der Waals surface area contributed by atoms with Gasteiger partial charge in [0.15, 0.2) is 0 Å². The van der Waals surface area contributed by atoms with E-state index in [2.05, 4.69) is 266 Å². The molecule has 2 nitrogen and oxygen atoms in total. The van der Waals surface area contributed by atoms with Crippen molar-refractivity contribution in [3.8, 4) is 66.8 Å². The number of hydrogen-bond acceptors (Lipinski definition) is 2. The first-order valence-corrected chi connectivity index (χ1v) is 22.6. The molecule has 11 aromatic carbocycles. The van der Waals surface area contributed by atoms with Crippen molar-refractivity contribution in [2.45, 2.75) is 0 Å². The molecule has 0 aliphatic carbocycles. The summed E-state index contributed by atoms with van der Waals surface area (Å²) in [6.07, 6.45) is 0. The Kier molecular flexibility index (Phi) is 9.89. The summed E-state index contributed by atoms with van der Waals surface area (Å²) in [7, 11) is 0. The van der Waals surface area contributed by atoms with E-state index in [9.17, 15) is 0 Å². The molecule has 0 amide bonds. The second-order valence-electron chi connectivity index (χ2n) is 16.9. The molecule has 12 rings (SSSR count). The summed E-state index contributed by atoms with van der Waals surface area (Å²) in [5.41, 5.74) is 19.2. The molecule has 310 valence electrons. The first-order chi connectivity index (χ1) is 32.7. The molecule has 66 heavy (non-hydrogen) atoms. The fourth-order valence-electron chi connectivity index (χ4n) is 9.51. The largest absolute Gasteiger partial charge is 0.455 e. The minimum absolute atomic E-state index is 0.893. The number of nitrogens with zero attached hydrogens (tertiary/aromatic N) is 1. The minimum Gasteiger partial charge on any atom is -0.455 e. The van der Waals surface area contributed by atoms with Gasteiger partial charge in [0.25, 0.3) is 0 Å². The lowest BCUT2D eigenvalue weighted by molar-refractivity contribution is 0.673. The maximum atomic E-state index is 6.56. The van der Waals surface area contributed by atoms with Gasteiger partial charge in [-0.1, -0.05) is 194 Å². The molecule has 0 spiro atoms. The van der Waals surface area contributed by atoms with Crippen LogP contribution < -0.4 is 4.90 Å². The predicted octanol–water partition coefficient (Wildman–Crippen LogP) is 18.2. The maximum absolute atomic E-state index is 6.56. The number of furan rings is 1. The molecule has 0 aliphatic rings. The Morgan fingerprint density at radius 2 is 0.652 bits per heavy atom. The highest BCUT2D eigenvalue weighted by atomic mass is 16.3. The molecular weight excluding hydrogens is 799 g/mol. The summed E-state index contributed by atoms with van der Waals surface area (Å²) in [6, 6.07) is 93.8. The standard InChI is InChI=1S/C64H43NO/c1-4-13-44(14-5-1)47-23-25-48(26-24-47)49-27-34-56(35-28-49)65(57-36-29-50(30-37-57)55-42-53(45-15-6-2-7-16-45)41-54(43-55)46-17-8-3-9-18-46)58-38-31-52(32-39-58)59-21-12-22-62-63(59)61-40-33-51-19-10-11-20-60(51)64(61)66-62/h1-43H. The summed E-state index contributed by atoms with van der Waals surface area (Å²) in [4.78, 5) is 2.35. The highest BCUT2D eigenvalue weighted by Crippen LogP contribution is 2.42. The number of fused-ring (bicyclic) bond motifs is 5. The van der Waals surface area contributed by atoms with Crippen LogP contribution in [0.1, 0.15) is 0 Å². The van der Waals surface area contributed by atoms with Crippen molar-refractivity contribution in [2.24, 2.45) is 0 Å². The third kappa shape index (κ3) is 7.31. The summed E-state index contributed by atoms with van der Waals surface area (Å²) in [5, 5.41) is 4.57. The van der Waals surface area contributed by atoms with Gasteiger partial charge in [0.2, 0.25) is 0 Å². The van der Waals surface area contributed by atoms with Crippen LogP contribution in [0.5, 0.6) is 0 Å². The second-order valence-corrected chi connectivity index (χ2v) is 16.9. The van der Waals surface area contributed by atoms with Gasteiger partial charge in [-0.05, 0) is 139 Å². The van der Waals surface area contributed by atoms with Crippen LogP contribution in [0, 0.1) is 0 Å². The van der Waals surface area contributed by atoms with E-state index >= 15 is 0 Å². The third-order valence-corrected chi connectivity index (χ3v) is 12.9. The zero-order chi connectivity index (χ0) is 43.8. The molecule has 2 heteroatoms. The zero-order valence-corrected chi connectivity index (χ0v) is 36.2. The van der Waals surface area contributed by atoms with Gasteiger partial charge >= 0.3 is 0 Å². The van der Waals surface area contributed by atoms with E-state index in [0.29, 0.717) is 0 Å². The van der Waals surface area contributed by atoms with Gasteiger partial charge in [-0.3, -0.25) is 0 Å². The quantitative estimate of drug-likeness (QED) is 0.144. The van der Waals surface area contributed by atoms with Gasteiger partial charge in [-0.15, -0.1) is 0 Å². The number of rotatable bonds is 9. The molecule has 0 aliphatic heterocycles. The van der Waals surface area contributed by atoms with Gasteiger partial charge in [0.1, 0.15) is 11.2 Å². The monoisotopic (exact) mass is 841 g/mol. The van der Waals surface area contributed by atoms with Crippen LogP contribution >= 0.6 is 0 Å². The van der Waals surface area contributed by atoms with Crippen LogP contribution in [0.2, 0.25) is 0 Å². The average molecular weight is 842 g/mol. The summed E-state index contributed by atoms with van der Waals surface area (Å²) in [6.45, 7) is 0. The molecule has 1 heterocycles. The van der Waals surface area contributed by atoms with Crippen LogP contribution in [0.4, 0.5) is 17.1 Å². The number of anilines is 3.